The fraction of sp³-hybridized carbons (Fsp3) is 0.367. The smallest absolute Gasteiger partial charge is 0.338 e. The zero-order chi connectivity index (χ0) is 50.8. The number of esters is 1. The van der Waals surface area contributed by atoms with Crippen LogP contribution in [0.1, 0.15) is 54.2 Å². The summed E-state index contributed by atoms with van der Waals surface area (Å²) in [4.78, 5) is 29.6. The average molecular weight is 993 g/mol. The molecule has 1 amide bonds. The zero-order valence-corrected chi connectivity index (χ0v) is 41.8. The summed E-state index contributed by atoms with van der Waals surface area (Å²) in [5.74, 6) is -1.16. The van der Waals surface area contributed by atoms with Gasteiger partial charge in [-0.3, -0.25) is 4.79 Å². The van der Waals surface area contributed by atoms with Crippen molar-refractivity contribution >= 4 is 11.9 Å². The summed E-state index contributed by atoms with van der Waals surface area (Å²) in [5.41, 5.74) is 11.1. The third-order valence-corrected chi connectivity index (χ3v) is 12.6. The van der Waals surface area contributed by atoms with Gasteiger partial charge in [-0.15, -0.1) is 0 Å². The molecule has 2 saturated heterocycles. The normalized spacial score (nSPS) is 24.1. The molecule has 0 saturated carbocycles. The van der Waals surface area contributed by atoms with Gasteiger partial charge in [0.1, 0.15) is 48.3 Å². The van der Waals surface area contributed by atoms with E-state index in [-0.39, 0.29) is 52.7 Å². The van der Waals surface area contributed by atoms with Gasteiger partial charge in [0.05, 0.1) is 45.7 Å². The van der Waals surface area contributed by atoms with E-state index >= 15 is 4.79 Å². The Kier molecular flexibility index (Phi) is 19.5. The summed E-state index contributed by atoms with van der Waals surface area (Å²) in [5, 5.41) is 3.13. The molecule has 2 heterocycles. The van der Waals surface area contributed by atoms with Crippen LogP contribution in [-0.4, -0.2) is 91.6 Å². The zero-order valence-electron chi connectivity index (χ0n) is 41.8. The number of nitrogens with one attached hydrogen (secondary N) is 1. The molecular weight excluding hydrogens is 925 g/mol. The first kappa shape index (κ1) is 53.2. The third kappa shape index (κ3) is 15.5. The molecule has 13 heteroatoms. The van der Waals surface area contributed by atoms with Crippen LogP contribution in [0, 0.1) is 0 Å². The van der Waals surface area contributed by atoms with E-state index in [9.17, 15) is 4.79 Å². The Morgan fingerprint density at radius 2 is 0.712 bits per heavy atom. The van der Waals surface area contributed by atoms with Crippen molar-refractivity contribution in [3.63, 3.8) is 0 Å². The molecule has 8 rings (SSSR count). The van der Waals surface area contributed by atoms with Crippen LogP contribution in [0.4, 0.5) is 0 Å². The molecule has 3 N–H and O–H groups in total. The minimum atomic E-state index is -1.30. The molecule has 2 aliphatic rings. The number of nitrogens with two attached hydrogens (primary N) is 1. The van der Waals surface area contributed by atoms with Crippen molar-refractivity contribution in [3.8, 4) is 0 Å². The van der Waals surface area contributed by atoms with Gasteiger partial charge >= 0.3 is 5.97 Å². The quantitative estimate of drug-likeness (QED) is 0.0592. The number of benzene rings is 6. The molecular formula is C60H68N2O11. The van der Waals surface area contributed by atoms with Crippen LogP contribution in [0.2, 0.25) is 0 Å². The molecule has 6 aromatic rings. The summed E-state index contributed by atoms with van der Waals surface area (Å²) in [6.45, 7) is 6.32. The predicted molar refractivity (Wildman–Crippen MR) is 275 cm³/mol. The molecule has 2 fully saturated rings. The molecule has 2 aliphatic heterocycles. The van der Waals surface area contributed by atoms with E-state index < -0.39 is 78.5 Å². The number of carbonyl (C=O) groups is 2. The first-order valence-corrected chi connectivity index (χ1v) is 25.1. The van der Waals surface area contributed by atoms with Gasteiger partial charge in [-0.1, -0.05) is 182 Å². The van der Waals surface area contributed by atoms with E-state index in [0.717, 1.165) is 33.4 Å². The van der Waals surface area contributed by atoms with Crippen LogP contribution >= 0.6 is 0 Å². The molecule has 0 aliphatic carbocycles. The van der Waals surface area contributed by atoms with Crippen molar-refractivity contribution in [1.82, 2.24) is 5.32 Å². The summed E-state index contributed by atoms with van der Waals surface area (Å²) in [7, 11) is 0. The standard InChI is InChI=1S/C60H68N2O11/c1-60(2,3)73-59(64)57-55(70-41-47-32-20-9-21-33-47)53(68-39-45-28-16-7-17-29-45)51(66-37-43-24-12-5-13-25-43)49(72-57)35-62-58(63)56-54(69-40-46-30-18-8-19-31-46)52(67-38-44-26-14-6-15-27-44)50(48(34-61)71-56)65-36-42-22-10-4-11-23-42/h4-33,48-57H,34-41,61H2,1-3H3,(H,62,63)/t48-,49-,50-,51-,52+,53+,54-,55-,56-,57-/m0/s1. The van der Waals surface area contributed by atoms with Crippen molar-refractivity contribution in [2.24, 2.45) is 5.73 Å². The SMILES string of the molecule is CC(C)(C)OC(=O)[C@H]1O[C@@H](CNC(=O)[C@H]2O[C@@H](CN)[C@H](OCc3ccccc3)[C@@H](OCc3ccccc3)[C@@H]2OCc2ccccc2)[C@H](OCc2ccccc2)[C@@H](OCc2ccccc2)[C@@H]1OCc1ccccc1. The van der Waals surface area contributed by atoms with E-state index in [0.29, 0.717) is 0 Å². The largest absolute Gasteiger partial charge is 0.458 e. The van der Waals surface area contributed by atoms with Crippen molar-refractivity contribution in [1.29, 1.82) is 0 Å². The predicted octanol–water partition coefficient (Wildman–Crippen LogP) is 8.45. The van der Waals surface area contributed by atoms with Gasteiger partial charge in [-0.25, -0.2) is 4.79 Å². The monoisotopic (exact) mass is 992 g/mol. The number of hydrogen-bond acceptors (Lipinski definition) is 12. The van der Waals surface area contributed by atoms with Gasteiger partial charge in [0.25, 0.3) is 5.91 Å². The van der Waals surface area contributed by atoms with Gasteiger partial charge in [0.2, 0.25) is 0 Å². The van der Waals surface area contributed by atoms with Crippen LogP contribution in [-0.2, 0) is 91.9 Å². The van der Waals surface area contributed by atoms with Crippen molar-refractivity contribution in [2.45, 2.75) is 127 Å². The molecule has 0 spiro atoms. The van der Waals surface area contributed by atoms with Crippen LogP contribution < -0.4 is 11.1 Å². The molecule has 6 aromatic carbocycles. The highest BCUT2D eigenvalue weighted by Crippen LogP contribution is 2.34. The molecule has 0 bridgehead atoms. The van der Waals surface area contributed by atoms with Gasteiger partial charge in [0.15, 0.2) is 12.2 Å². The Morgan fingerprint density at radius 3 is 1.04 bits per heavy atom. The van der Waals surface area contributed by atoms with Crippen molar-refractivity contribution in [2.75, 3.05) is 13.1 Å². The highest BCUT2D eigenvalue weighted by atomic mass is 16.6. The number of ether oxygens (including phenoxy) is 9. The minimum absolute atomic E-state index is 0.0172. The number of rotatable bonds is 23. The summed E-state index contributed by atoms with van der Waals surface area (Å²) in [6, 6.07) is 58.4. The maximum absolute atomic E-state index is 15.1. The molecule has 0 aromatic heterocycles. The van der Waals surface area contributed by atoms with E-state index in [1.165, 1.54) is 0 Å². The highest BCUT2D eigenvalue weighted by molar-refractivity contribution is 5.82. The lowest BCUT2D eigenvalue weighted by Crippen LogP contribution is -2.66. The second-order valence-electron chi connectivity index (χ2n) is 19.3. The van der Waals surface area contributed by atoms with Crippen molar-refractivity contribution in [3.05, 3.63) is 215 Å². The number of hydrogen-bond donors (Lipinski definition) is 2. The fourth-order valence-electron chi connectivity index (χ4n) is 8.99. The molecule has 384 valence electrons. The Bertz CT molecular complexity index is 2540. The van der Waals surface area contributed by atoms with Crippen LogP contribution in [0.5, 0.6) is 0 Å². The average Bonchev–Trinajstić information content (AvgIpc) is 3.42. The van der Waals surface area contributed by atoms with Gasteiger partial charge in [0, 0.05) is 13.1 Å². The topological polar surface area (TPSA) is 155 Å². The summed E-state index contributed by atoms with van der Waals surface area (Å²) in [6.07, 6.45) is -9.65. The van der Waals surface area contributed by atoms with Crippen molar-refractivity contribution < 1.29 is 52.2 Å². The Hall–Kier alpha value is -6.10. The summed E-state index contributed by atoms with van der Waals surface area (Å²) < 4.78 is 60.2. The highest BCUT2D eigenvalue weighted by Gasteiger charge is 2.54. The molecule has 0 radical (unpaired) electrons. The third-order valence-electron chi connectivity index (χ3n) is 12.6. The second-order valence-corrected chi connectivity index (χ2v) is 19.3. The number of carbonyl (C=O) groups excluding carboxylic acids is 2. The lowest BCUT2D eigenvalue weighted by molar-refractivity contribution is -0.268. The van der Waals surface area contributed by atoms with Gasteiger partial charge < -0.3 is 53.7 Å². The van der Waals surface area contributed by atoms with Gasteiger partial charge in [-0.2, -0.15) is 0 Å². The second kappa shape index (κ2) is 26.7. The van der Waals surface area contributed by atoms with E-state index in [1.807, 2.05) is 182 Å². The molecule has 10 atom stereocenters. The Balaban J connectivity index is 1.13. The Morgan fingerprint density at radius 1 is 0.425 bits per heavy atom. The minimum Gasteiger partial charge on any atom is -0.458 e. The first-order valence-electron chi connectivity index (χ1n) is 25.1. The van der Waals surface area contributed by atoms with Gasteiger partial charge in [-0.05, 0) is 54.2 Å². The Labute approximate surface area is 429 Å². The van der Waals surface area contributed by atoms with E-state index in [1.54, 1.807) is 20.8 Å². The maximum Gasteiger partial charge on any atom is 0.338 e. The summed E-state index contributed by atoms with van der Waals surface area (Å²) >= 11 is 0. The first-order chi connectivity index (χ1) is 35.6. The molecule has 13 nitrogen and oxygen atoms in total. The fourth-order valence-corrected chi connectivity index (χ4v) is 8.99. The lowest BCUT2D eigenvalue weighted by Gasteiger charge is -2.47. The van der Waals surface area contributed by atoms with E-state index in [4.69, 9.17) is 48.4 Å². The van der Waals surface area contributed by atoms with Crippen LogP contribution in [0.3, 0.4) is 0 Å². The van der Waals surface area contributed by atoms with Crippen LogP contribution in [0.25, 0.3) is 0 Å². The van der Waals surface area contributed by atoms with Crippen LogP contribution in [0.15, 0.2) is 182 Å². The maximum atomic E-state index is 15.1. The molecule has 0 unspecified atom stereocenters. The molecule has 73 heavy (non-hydrogen) atoms. The van der Waals surface area contributed by atoms with E-state index in [2.05, 4.69) is 5.32 Å². The lowest BCUT2D eigenvalue weighted by atomic mass is 9.92. The number of amides is 1.